The number of hydrogen-bond donors (Lipinski definition) is 2. The van der Waals surface area contributed by atoms with Gasteiger partial charge in [-0.1, -0.05) is 0 Å². The molecular weight excluding hydrogens is 289 g/mol. The Morgan fingerprint density at radius 3 is 2.86 bits per heavy atom. The standard InChI is InChI=1S/C12H11F3N4O2/c13-12(14,15)9-3-8(5-17-10(9)4-16)19-2-1-7(6-19)18-11(20)21/h3,5,7,18H,1-2,6H2,(H,20,21)/t7-/m1/s1. The van der Waals surface area contributed by atoms with E-state index in [4.69, 9.17) is 10.4 Å². The third-order valence-electron chi connectivity index (χ3n) is 3.17. The van der Waals surface area contributed by atoms with E-state index < -0.39 is 23.5 Å². The average Bonchev–Trinajstić information content (AvgIpc) is 2.84. The average molecular weight is 300 g/mol. The third-order valence-corrected chi connectivity index (χ3v) is 3.17. The molecule has 112 valence electrons. The zero-order valence-electron chi connectivity index (χ0n) is 10.7. The van der Waals surface area contributed by atoms with Gasteiger partial charge in [0.25, 0.3) is 0 Å². The second kappa shape index (κ2) is 5.47. The number of aromatic nitrogens is 1. The molecule has 0 radical (unpaired) electrons. The second-order valence-electron chi connectivity index (χ2n) is 4.58. The van der Waals surface area contributed by atoms with Crippen LogP contribution in [0.1, 0.15) is 17.7 Å². The summed E-state index contributed by atoms with van der Waals surface area (Å²) in [5.74, 6) is 0. The molecule has 0 unspecified atom stereocenters. The molecule has 0 aromatic carbocycles. The summed E-state index contributed by atoms with van der Waals surface area (Å²) in [6.07, 6.45) is -4.15. The van der Waals surface area contributed by atoms with Crippen LogP contribution in [0.3, 0.4) is 0 Å². The summed E-state index contributed by atoms with van der Waals surface area (Å²) in [4.78, 5) is 15.7. The predicted octanol–water partition coefficient (Wildman–Crippen LogP) is 1.82. The van der Waals surface area contributed by atoms with E-state index in [0.29, 0.717) is 13.0 Å². The summed E-state index contributed by atoms with van der Waals surface area (Å²) < 4.78 is 38.6. The fourth-order valence-corrected chi connectivity index (χ4v) is 2.22. The lowest BCUT2D eigenvalue weighted by atomic mass is 10.1. The minimum absolute atomic E-state index is 0.219. The number of carboxylic acid groups (broad SMARTS) is 1. The van der Waals surface area contributed by atoms with E-state index >= 15 is 0 Å². The molecular formula is C12H11F3N4O2. The number of carbonyl (C=O) groups is 1. The van der Waals surface area contributed by atoms with Gasteiger partial charge in [0.1, 0.15) is 6.07 Å². The van der Waals surface area contributed by atoms with Crippen molar-refractivity contribution in [3.63, 3.8) is 0 Å². The van der Waals surface area contributed by atoms with Crippen molar-refractivity contribution in [2.75, 3.05) is 18.0 Å². The van der Waals surface area contributed by atoms with Gasteiger partial charge in [0.2, 0.25) is 0 Å². The van der Waals surface area contributed by atoms with Crippen LogP contribution in [0.15, 0.2) is 12.3 Å². The van der Waals surface area contributed by atoms with Crippen molar-refractivity contribution in [2.45, 2.75) is 18.6 Å². The second-order valence-corrected chi connectivity index (χ2v) is 4.58. The number of hydrogen-bond acceptors (Lipinski definition) is 4. The number of amides is 1. The van der Waals surface area contributed by atoms with Crippen LogP contribution < -0.4 is 10.2 Å². The number of nitrogens with zero attached hydrogens (tertiary/aromatic N) is 3. The van der Waals surface area contributed by atoms with Gasteiger partial charge in [0.05, 0.1) is 23.5 Å². The Bertz CT molecular complexity index is 597. The normalized spacial score (nSPS) is 18.4. The fourth-order valence-electron chi connectivity index (χ4n) is 2.22. The molecule has 21 heavy (non-hydrogen) atoms. The van der Waals surface area contributed by atoms with E-state index in [-0.39, 0.29) is 18.3 Å². The lowest BCUT2D eigenvalue weighted by molar-refractivity contribution is -0.138. The third kappa shape index (κ3) is 3.34. The highest BCUT2D eigenvalue weighted by Gasteiger charge is 2.35. The monoisotopic (exact) mass is 300 g/mol. The van der Waals surface area contributed by atoms with E-state index in [1.54, 1.807) is 4.90 Å². The summed E-state index contributed by atoms with van der Waals surface area (Å²) >= 11 is 0. The lowest BCUT2D eigenvalue weighted by Gasteiger charge is -2.20. The quantitative estimate of drug-likeness (QED) is 0.869. The van der Waals surface area contributed by atoms with Gasteiger partial charge in [-0.2, -0.15) is 18.4 Å². The first-order valence-corrected chi connectivity index (χ1v) is 6.03. The van der Waals surface area contributed by atoms with Gasteiger partial charge in [-0.05, 0) is 12.5 Å². The first kappa shape index (κ1) is 14.9. The van der Waals surface area contributed by atoms with E-state index in [0.717, 1.165) is 6.07 Å². The predicted molar refractivity (Wildman–Crippen MR) is 65.7 cm³/mol. The number of alkyl halides is 3. The van der Waals surface area contributed by atoms with Crippen LogP contribution in [0.2, 0.25) is 0 Å². The molecule has 2 heterocycles. The van der Waals surface area contributed by atoms with Crippen molar-refractivity contribution in [1.29, 1.82) is 5.26 Å². The molecule has 1 aromatic rings. The molecule has 1 aliphatic rings. The van der Waals surface area contributed by atoms with Gasteiger partial charge in [-0.3, -0.25) is 0 Å². The maximum absolute atomic E-state index is 12.9. The molecule has 1 aliphatic heterocycles. The number of anilines is 1. The van der Waals surface area contributed by atoms with Gasteiger partial charge in [-0.25, -0.2) is 9.78 Å². The molecule has 0 spiro atoms. The van der Waals surface area contributed by atoms with Crippen molar-refractivity contribution >= 4 is 11.8 Å². The van der Waals surface area contributed by atoms with E-state index in [1.165, 1.54) is 12.3 Å². The molecule has 6 nitrogen and oxygen atoms in total. The van der Waals surface area contributed by atoms with Gasteiger partial charge in [-0.15, -0.1) is 0 Å². The number of nitrogens with one attached hydrogen (secondary N) is 1. The Hall–Kier alpha value is -2.50. The van der Waals surface area contributed by atoms with Gasteiger partial charge in [0, 0.05) is 13.1 Å². The van der Waals surface area contributed by atoms with Crippen molar-refractivity contribution in [2.24, 2.45) is 0 Å². The molecule has 2 rings (SSSR count). The number of halogens is 3. The summed E-state index contributed by atoms with van der Waals surface area (Å²) in [6.45, 7) is 0.674. The zero-order chi connectivity index (χ0) is 15.6. The molecule has 0 aliphatic carbocycles. The highest BCUT2D eigenvalue weighted by Crippen LogP contribution is 2.34. The Labute approximate surface area is 117 Å². The first-order chi connectivity index (χ1) is 9.81. The minimum Gasteiger partial charge on any atom is -0.465 e. The summed E-state index contributed by atoms with van der Waals surface area (Å²) in [6, 6.07) is 1.94. The Balaban J connectivity index is 2.23. The molecule has 1 saturated heterocycles. The number of pyridine rings is 1. The lowest BCUT2D eigenvalue weighted by Crippen LogP contribution is -2.36. The van der Waals surface area contributed by atoms with Crippen molar-refractivity contribution in [3.05, 3.63) is 23.5 Å². The summed E-state index contributed by atoms with van der Waals surface area (Å²) in [5.41, 5.74) is -1.54. The Kier molecular flexibility index (Phi) is 3.88. The molecule has 1 atom stereocenters. The Morgan fingerprint density at radius 2 is 2.29 bits per heavy atom. The smallest absolute Gasteiger partial charge is 0.419 e. The molecule has 0 saturated carbocycles. The fraction of sp³-hybridized carbons (Fsp3) is 0.417. The largest absolute Gasteiger partial charge is 0.465 e. The Morgan fingerprint density at radius 1 is 1.57 bits per heavy atom. The topological polar surface area (TPSA) is 89.3 Å². The minimum atomic E-state index is -4.66. The van der Waals surface area contributed by atoms with Crippen molar-refractivity contribution in [3.8, 4) is 6.07 Å². The van der Waals surface area contributed by atoms with E-state index in [2.05, 4.69) is 10.3 Å². The highest BCUT2D eigenvalue weighted by molar-refractivity contribution is 5.65. The number of rotatable bonds is 2. The zero-order valence-corrected chi connectivity index (χ0v) is 10.7. The maximum atomic E-state index is 12.9. The van der Waals surface area contributed by atoms with Crippen molar-refractivity contribution in [1.82, 2.24) is 10.3 Å². The first-order valence-electron chi connectivity index (χ1n) is 6.03. The summed E-state index contributed by atoms with van der Waals surface area (Å²) in [7, 11) is 0. The van der Waals surface area contributed by atoms with Crippen LogP contribution in [0.25, 0.3) is 0 Å². The molecule has 9 heteroatoms. The van der Waals surface area contributed by atoms with E-state index in [1.807, 2.05) is 0 Å². The van der Waals surface area contributed by atoms with Gasteiger partial charge in [0.15, 0.2) is 5.69 Å². The molecule has 1 amide bonds. The van der Waals surface area contributed by atoms with Crippen LogP contribution in [0.4, 0.5) is 23.7 Å². The van der Waals surface area contributed by atoms with Gasteiger partial charge >= 0.3 is 12.3 Å². The number of nitriles is 1. The highest BCUT2D eigenvalue weighted by atomic mass is 19.4. The van der Waals surface area contributed by atoms with Crippen LogP contribution in [0.5, 0.6) is 0 Å². The van der Waals surface area contributed by atoms with Crippen LogP contribution in [-0.4, -0.2) is 35.3 Å². The van der Waals surface area contributed by atoms with Crippen molar-refractivity contribution < 1.29 is 23.1 Å². The van der Waals surface area contributed by atoms with Crippen LogP contribution >= 0.6 is 0 Å². The van der Waals surface area contributed by atoms with E-state index in [9.17, 15) is 18.0 Å². The maximum Gasteiger partial charge on any atom is 0.419 e. The van der Waals surface area contributed by atoms with Crippen LogP contribution in [-0.2, 0) is 6.18 Å². The van der Waals surface area contributed by atoms with Gasteiger partial charge < -0.3 is 15.3 Å². The SMILES string of the molecule is N#Cc1ncc(N2CC[C@@H](NC(=O)O)C2)cc1C(F)(F)F. The molecule has 0 bridgehead atoms. The molecule has 1 aromatic heterocycles. The molecule has 1 fully saturated rings. The summed E-state index contributed by atoms with van der Waals surface area (Å²) in [5, 5.41) is 19.6. The molecule has 2 N–H and O–H groups in total. The van der Waals surface area contributed by atoms with Crippen LogP contribution in [0, 0.1) is 11.3 Å².